The summed E-state index contributed by atoms with van der Waals surface area (Å²) in [5.41, 5.74) is 5.74. The van der Waals surface area contributed by atoms with Gasteiger partial charge in [0.05, 0.1) is 12.2 Å². The van der Waals surface area contributed by atoms with Gasteiger partial charge in [0.1, 0.15) is 17.0 Å². The number of benzene rings is 1. The maximum atomic E-state index is 12.0. The molecule has 0 radical (unpaired) electrons. The maximum absolute atomic E-state index is 12.0. The van der Waals surface area contributed by atoms with Crippen LogP contribution in [0.5, 0.6) is 0 Å². The number of halogens is 1. The van der Waals surface area contributed by atoms with Crippen molar-refractivity contribution in [2.24, 2.45) is 0 Å². The molecule has 96 valence electrons. The van der Waals surface area contributed by atoms with E-state index in [1.165, 1.54) is 24.5 Å². The molecule has 1 aromatic carbocycles. The molecule has 0 saturated heterocycles. The summed E-state index contributed by atoms with van der Waals surface area (Å²) in [5.74, 6) is 0.402. The van der Waals surface area contributed by atoms with Crippen LogP contribution < -0.4 is 10.5 Å². The average molecular weight is 288 g/mol. The molecular formula is C9H10ClN5O2S. The molecule has 0 amide bonds. The van der Waals surface area contributed by atoms with Gasteiger partial charge in [-0.25, -0.2) is 18.1 Å². The molecule has 0 aliphatic carbocycles. The second-order valence-electron chi connectivity index (χ2n) is 3.44. The van der Waals surface area contributed by atoms with Gasteiger partial charge in [0.2, 0.25) is 10.0 Å². The third-order valence-corrected chi connectivity index (χ3v) is 3.85. The van der Waals surface area contributed by atoms with Crippen molar-refractivity contribution < 1.29 is 8.42 Å². The Bertz CT molecular complexity index is 641. The van der Waals surface area contributed by atoms with Crippen molar-refractivity contribution in [3.8, 4) is 0 Å². The van der Waals surface area contributed by atoms with Gasteiger partial charge in [0, 0.05) is 5.02 Å². The van der Waals surface area contributed by atoms with Crippen LogP contribution in [0.2, 0.25) is 5.02 Å². The first-order valence-corrected chi connectivity index (χ1v) is 6.74. The minimum atomic E-state index is -3.74. The van der Waals surface area contributed by atoms with Crippen LogP contribution in [0.25, 0.3) is 0 Å². The van der Waals surface area contributed by atoms with Crippen LogP contribution in [0, 0.1) is 0 Å². The lowest BCUT2D eigenvalue weighted by Crippen LogP contribution is -2.24. The Hall–Kier alpha value is -1.64. The highest BCUT2D eigenvalue weighted by atomic mass is 35.5. The highest BCUT2D eigenvalue weighted by Crippen LogP contribution is 2.22. The van der Waals surface area contributed by atoms with E-state index in [0.717, 1.165) is 0 Å². The number of hydrogen-bond acceptors (Lipinski definition) is 5. The number of aromatic amines is 1. The zero-order valence-corrected chi connectivity index (χ0v) is 10.7. The van der Waals surface area contributed by atoms with E-state index in [4.69, 9.17) is 17.3 Å². The van der Waals surface area contributed by atoms with E-state index < -0.39 is 10.0 Å². The molecule has 0 spiro atoms. The zero-order chi connectivity index (χ0) is 13.2. The second-order valence-corrected chi connectivity index (χ2v) is 5.61. The Morgan fingerprint density at radius 2 is 2.22 bits per heavy atom. The van der Waals surface area contributed by atoms with E-state index in [0.29, 0.717) is 10.8 Å². The topological polar surface area (TPSA) is 114 Å². The molecule has 0 aliphatic rings. The Labute approximate surface area is 108 Å². The number of rotatable bonds is 4. The summed E-state index contributed by atoms with van der Waals surface area (Å²) in [6, 6.07) is 4.25. The van der Waals surface area contributed by atoms with Gasteiger partial charge < -0.3 is 5.73 Å². The van der Waals surface area contributed by atoms with E-state index >= 15 is 0 Å². The third kappa shape index (κ3) is 2.78. The molecule has 0 fully saturated rings. The zero-order valence-electron chi connectivity index (χ0n) is 9.09. The Balaban J connectivity index is 2.22. The number of nitrogens with two attached hydrogens (primary N) is 1. The van der Waals surface area contributed by atoms with Crippen LogP contribution in [0.15, 0.2) is 29.4 Å². The molecule has 1 aromatic heterocycles. The molecule has 9 heteroatoms. The third-order valence-electron chi connectivity index (χ3n) is 2.16. The maximum Gasteiger partial charge on any atom is 0.243 e. The summed E-state index contributed by atoms with van der Waals surface area (Å²) in [6.07, 6.45) is 1.29. The highest BCUT2D eigenvalue weighted by molar-refractivity contribution is 7.89. The van der Waals surface area contributed by atoms with E-state index in [1.54, 1.807) is 0 Å². The second kappa shape index (κ2) is 4.92. The van der Waals surface area contributed by atoms with Crippen molar-refractivity contribution >= 4 is 27.3 Å². The smallest absolute Gasteiger partial charge is 0.243 e. The van der Waals surface area contributed by atoms with Gasteiger partial charge in [-0.1, -0.05) is 11.6 Å². The van der Waals surface area contributed by atoms with E-state index in [2.05, 4.69) is 19.9 Å². The number of H-pyrrole nitrogens is 1. The van der Waals surface area contributed by atoms with Crippen molar-refractivity contribution in [1.29, 1.82) is 0 Å². The number of aromatic nitrogens is 3. The van der Waals surface area contributed by atoms with Crippen molar-refractivity contribution in [3.05, 3.63) is 35.4 Å². The van der Waals surface area contributed by atoms with Gasteiger partial charge in [-0.15, -0.1) is 0 Å². The fourth-order valence-electron chi connectivity index (χ4n) is 1.30. The number of hydrogen-bond donors (Lipinski definition) is 3. The van der Waals surface area contributed by atoms with E-state index in [-0.39, 0.29) is 17.1 Å². The molecule has 4 N–H and O–H groups in total. The summed E-state index contributed by atoms with van der Waals surface area (Å²) in [5, 5.41) is 6.45. The van der Waals surface area contributed by atoms with Gasteiger partial charge in [0.25, 0.3) is 0 Å². The number of nitrogens with one attached hydrogen (secondary N) is 2. The Kier molecular flexibility index (Phi) is 3.50. The van der Waals surface area contributed by atoms with Crippen molar-refractivity contribution in [1.82, 2.24) is 19.9 Å². The van der Waals surface area contributed by atoms with Gasteiger partial charge in [-0.2, -0.15) is 5.10 Å². The van der Waals surface area contributed by atoms with Gasteiger partial charge in [-0.05, 0) is 18.2 Å². The largest absolute Gasteiger partial charge is 0.398 e. The summed E-state index contributed by atoms with van der Waals surface area (Å²) in [7, 11) is -3.74. The number of sulfonamides is 1. The van der Waals surface area contributed by atoms with Gasteiger partial charge >= 0.3 is 0 Å². The van der Waals surface area contributed by atoms with Crippen LogP contribution in [0.3, 0.4) is 0 Å². The molecule has 0 bridgehead atoms. The molecule has 0 saturated carbocycles. The molecule has 0 atom stereocenters. The molecule has 2 aromatic rings. The predicted octanol–water partition coefficient (Wildman–Crippen LogP) is 0.519. The Morgan fingerprint density at radius 1 is 1.44 bits per heavy atom. The SMILES string of the molecule is Nc1ccc(Cl)cc1S(=O)(=O)NCc1ncn[nH]1. The van der Waals surface area contributed by atoms with Crippen LogP contribution in [-0.2, 0) is 16.6 Å². The van der Waals surface area contributed by atoms with Crippen molar-refractivity contribution in [3.63, 3.8) is 0 Å². The predicted molar refractivity (Wildman–Crippen MR) is 66.3 cm³/mol. The molecule has 0 aliphatic heterocycles. The minimum absolute atomic E-state index is 0.00567. The summed E-state index contributed by atoms with van der Waals surface area (Å²) >= 11 is 5.75. The van der Waals surface area contributed by atoms with Crippen LogP contribution in [0.1, 0.15) is 5.82 Å². The standard InChI is InChI=1S/C9H10ClN5O2S/c10-6-1-2-7(11)8(3-6)18(16,17)14-4-9-12-5-13-15-9/h1-3,5,14H,4,11H2,(H,12,13,15). The first-order chi connectivity index (χ1) is 8.49. The van der Waals surface area contributed by atoms with Crippen LogP contribution >= 0.6 is 11.6 Å². The molecule has 2 rings (SSSR count). The van der Waals surface area contributed by atoms with Crippen molar-refractivity contribution in [2.75, 3.05) is 5.73 Å². The monoisotopic (exact) mass is 287 g/mol. The molecule has 18 heavy (non-hydrogen) atoms. The normalized spacial score (nSPS) is 11.6. The van der Waals surface area contributed by atoms with E-state index in [9.17, 15) is 8.42 Å². The number of nitrogen functional groups attached to an aromatic ring is 1. The van der Waals surface area contributed by atoms with E-state index in [1.807, 2.05) is 0 Å². The molecule has 1 heterocycles. The molecular weight excluding hydrogens is 278 g/mol. The van der Waals surface area contributed by atoms with Crippen LogP contribution in [-0.4, -0.2) is 23.6 Å². The van der Waals surface area contributed by atoms with Gasteiger partial charge in [0.15, 0.2) is 0 Å². The van der Waals surface area contributed by atoms with Crippen LogP contribution in [0.4, 0.5) is 5.69 Å². The first-order valence-electron chi connectivity index (χ1n) is 4.88. The summed E-state index contributed by atoms with van der Waals surface area (Å²) < 4.78 is 26.3. The minimum Gasteiger partial charge on any atom is -0.398 e. The fraction of sp³-hybridized carbons (Fsp3) is 0.111. The average Bonchev–Trinajstić information content (AvgIpc) is 2.83. The Morgan fingerprint density at radius 3 is 2.89 bits per heavy atom. The highest BCUT2D eigenvalue weighted by Gasteiger charge is 2.18. The summed E-state index contributed by atoms with van der Waals surface area (Å²) in [4.78, 5) is 3.74. The summed E-state index contributed by atoms with van der Waals surface area (Å²) in [6.45, 7) is -0.00567. The lowest BCUT2D eigenvalue weighted by Gasteiger charge is -2.08. The van der Waals surface area contributed by atoms with Crippen molar-refractivity contribution in [2.45, 2.75) is 11.4 Å². The number of anilines is 1. The fourth-order valence-corrected chi connectivity index (χ4v) is 2.68. The lowest BCUT2D eigenvalue weighted by atomic mass is 10.3. The first kappa shape index (κ1) is 12.8. The quantitative estimate of drug-likeness (QED) is 0.709. The number of nitrogens with zero attached hydrogens (tertiary/aromatic N) is 2. The molecule has 0 unspecified atom stereocenters. The lowest BCUT2D eigenvalue weighted by molar-refractivity contribution is 0.580. The molecule has 7 nitrogen and oxygen atoms in total. The van der Waals surface area contributed by atoms with Gasteiger partial charge in [-0.3, -0.25) is 5.10 Å².